The molecular weight excluding hydrogens is 282 g/mol. The van der Waals surface area contributed by atoms with Gasteiger partial charge in [-0.2, -0.15) is 0 Å². The highest BCUT2D eigenvalue weighted by Gasteiger charge is 2.31. The second kappa shape index (κ2) is 7.07. The number of carbonyl (C=O) groups is 2. The number of nitrogens with zero attached hydrogens (tertiary/aromatic N) is 1. The van der Waals surface area contributed by atoms with Crippen LogP contribution >= 0.6 is 0 Å². The van der Waals surface area contributed by atoms with Gasteiger partial charge in [0, 0.05) is 36.9 Å². The number of ether oxygens (including phenoxy) is 1. The number of morpholine rings is 1. The predicted octanol–water partition coefficient (Wildman–Crippen LogP) is 1.45. The van der Waals surface area contributed by atoms with Crippen LogP contribution in [0.3, 0.4) is 0 Å². The largest absolute Gasteiger partial charge is 0.379 e. The quantitative estimate of drug-likeness (QED) is 0.780. The number of aromatic amines is 1. The molecule has 1 aromatic heterocycles. The maximum Gasteiger partial charge on any atom is 0.267 e. The summed E-state index contributed by atoms with van der Waals surface area (Å²) in [4.78, 5) is 28.7. The highest BCUT2D eigenvalue weighted by Crippen LogP contribution is 2.20. The Hall–Kier alpha value is -1.66. The van der Waals surface area contributed by atoms with E-state index in [2.05, 4.69) is 29.0 Å². The molecule has 6 nitrogen and oxygen atoms in total. The van der Waals surface area contributed by atoms with Crippen molar-refractivity contribution in [1.29, 1.82) is 0 Å². The Labute approximate surface area is 131 Å². The molecule has 1 fully saturated rings. The topological polar surface area (TPSA) is 74.4 Å². The number of hydrogen-bond donors (Lipinski definition) is 2. The third kappa shape index (κ3) is 3.75. The van der Waals surface area contributed by atoms with Crippen LogP contribution in [0, 0.1) is 0 Å². The molecule has 1 amide bonds. The Balaban J connectivity index is 1.96. The van der Waals surface area contributed by atoms with Crippen molar-refractivity contribution in [2.45, 2.75) is 32.7 Å². The average Bonchev–Trinajstić information content (AvgIpc) is 3.03. The number of aromatic nitrogens is 1. The standard InChI is InChI=1S/C16H25N3O3/c1-4-16(3,19-5-7-22-8-6-19)11-18-15(21)14-9-13(10-17-14)12(2)20/h9-10,17H,4-8,11H2,1-3H3,(H,18,21)/t16-/m1/s1. The van der Waals surface area contributed by atoms with E-state index in [1.807, 2.05) is 0 Å². The molecule has 2 N–H and O–H groups in total. The minimum atomic E-state index is -0.180. The normalized spacial score (nSPS) is 18.7. The SMILES string of the molecule is CC[C@](C)(CNC(=O)c1cc(C(C)=O)c[nH]1)N1CCOCC1. The first-order chi connectivity index (χ1) is 10.5. The van der Waals surface area contributed by atoms with Crippen LogP contribution in [-0.2, 0) is 4.74 Å². The number of ketones is 1. The lowest BCUT2D eigenvalue weighted by molar-refractivity contribution is -0.0169. The Morgan fingerprint density at radius 3 is 2.64 bits per heavy atom. The van der Waals surface area contributed by atoms with Crippen molar-refractivity contribution in [3.63, 3.8) is 0 Å². The highest BCUT2D eigenvalue weighted by atomic mass is 16.5. The predicted molar refractivity (Wildman–Crippen MR) is 84.2 cm³/mol. The van der Waals surface area contributed by atoms with Crippen molar-refractivity contribution in [2.75, 3.05) is 32.8 Å². The lowest BCUT2D eigenvalue weighted by Crippen LogP contribution is -2.56. The second-order valence-electron chi connectivity index (χ2n) is 5.99. The van der Waals surface area contributed by atoms with Gasteiger partial charge in [-0.3, -0.25) is 14.5 Å². The van der Waals surface area contributed by atoms with E-state index >= 15 is 0 Å². The zero-order valence-corrected chi connectivity index (χ0v) is 13.6. The molecule has 0 saturated carbocycles. The summed E-state index contributed by atoms with van der Waals surface area (Å²) in [5.41, 5.74) is 0.859. The van der Waals surface area contributed by atoms with Crippen molar-refractivity contribution < 1.29 is 14.3 Å². The van der Waals surface area contributed by atoms with Gasteiger partial charge in [0.2, 0.25) is 0 Å². The molecule has 22 heavy (non-hydrogen) atoms. The summed E-state index contributed by atoms with van der Waals surface area (Å²) in [6.07, 6.45) is 2.51. The van der Waals surface area contributed by atoms with Crippen molar-refractivity contribution in [1.82, 2.24) is 15.2 Å². The van der Waals surface area contributed by atoms with E-state index in [0.717, 1.165) is 32.7 Å². The molecule has 2 rings (SSSR count). The fraction of sp³-hybridized carbons (Fsp3) is 0.625. The highest BCUT2D eigenvalue weighted by molar-refractivity contribution is 5.99. The minimum Gasteiger partial charge on any atom is -0.379 e. The molecule has 1 atom stereocenters. The smallest absolute Gasteiger partial charge is 0.267 e. The number of rotatable bonds is 6. The van der Waals surface area contributed by atoms with E-state index in [-0.39, 0.29) is 17.2 Å². The zero-order chi connectivity index (χ0) is 16.2. The third-order valence-electron chi connectivity index (χ3n) is 4.50. The van der Waals surface area contributed by atoms with Gasteiger partial charge in [0.25, 0.3) is 5.91 Å². The lowest BCUT2D eigenvalue weighted by Gasteiger charge is -2.43. The van der Waals surface area contributed by atoms with Crippen molar-refractivity contribution in [3.05, 3.63) is 23.5 Å². The van der Waals surface area contributed by atoms with E-state index in [9.17, 15) is 9.59 Å². The summed E-state index contributed by atoms with van der Waals surface area (Å²) in [6.45, 7) is 9.59. The van der Waals surface area contributed by atoms with Gasteiger partial charge in [-0.15, -0.1) is 0 Å². The molecule has 0 spiro atoms. The first-order valence-corrected chi connectivity index (χ1v) is 7.76. The Bertz CT molecular complexity index is 534. The van der Waals surface area contributed by atoms with Crippen molar-refractivity contribution in [2.24, 2.45) is 0 Å². The number of carbonyl (C=O) groups excluding carboxylic acids is 2. The molecule has 2 heterocycles. The van der Waals surface area contributed by atoms with Gasteiger partial charge in [-0.05, 0) is 26.3 Å². The Kier molecular flexibility index (Phi) is 5.37. The van der Waals surface area contributed by atoms with Crippen LogP contribution < -0.4 is 5.32 Å². The zero-order valence-electron chi connectivity index (χ0n) is 13.6. The molecule has 1 aliphatic rings. The summed E-state index contributed by atoms with van der Waals surface area (Å²) in [7, 11) is 0. The number of amides is 1. The molecule has 0 radical (unpaired) electrons. The molecule has 6 heteroatoms. The molecule has 122 valence electrons. The van der Waals surface area contributed by atoms with Crippen LogP contribution in [-0.4, -0.2) is 60.0 Å². The van der Waals surface area contributed by atoms with Gasteiger partial charge in [-0.25, -0.2) is 0 Å². The molecule has 1 aliphatic heterocycles. The number of nitrogens with one attached hydrogen (secondary N) is 2. The van der Waals surface area contributed by atoms with Crippen LogP contribution in [0.15, 0.2) is 12.3 Å². The first kappa shape index (κ1) is 16.7. The monoisotopic (exact) mass is 307 g/mol. The van der Waals surface area contributed by atoms with Crippen molar-refractivity contribution in [3.8, 4) is 0 Å². The molecule has 1 saturated heterocycles. The lowest BCUT2D eigenvalue weighted by atomic mass is 9.95. The second-order valence-corrected chi connectivity index (χ2v) is 5.99. The Morgan fingerprint density at radius 1 is 1.41 bits per heavy atom. The van der Waals surface area contributed by atoms with Gasteiger partial charge >= 0.3 is 0 Å². The number of Topliss-reactive ketones (excluding diaryl/α,β-unsaturated/α-hetero) is 1. The summed E-state index contributed by atoms with van der Waals surface area (Å²) in [5.74, 6) is -0.234. The van der Waals surface area contributed by atoms with E-state index < -0.39 is 0 Å². The Morgan fingerprint density at radius 2 is 2.09 bits per heavy atom. The maximum atomic E-state index is 12.2. The molecular formula is C16H25N3O3. The van der Waals surface area contributed by atoms with Crippen molar-refractivity contribution >= 4 is 11.7 Å². The van der Waals surface area contributed by atoms with Gasteiger partial charge in [0.05, 0.1) is 13.2 Å². The summed E-state index contributed by atoms with van der Waals surface area (Å²) < 4.78 is 5.39. The van der Waals surface area contributed by atoms with Gasteiger partial charge in [-0.1, -0.05) is 6.92 Å². The van der Waals surface area contributed by atoms with E-state index in [1.54, 1.807) is 12.3 Å². The van der Waals surface area contributed by atoms with Crippen LogP contribution in [0.5, 0.6) is 0 Å². The van der Waals surface area contributed by atoms with Crippen LogP contribution in [0.1, 0.15) is 48.0 Å². The first-order valence-electron chi connectivity index (χ1n) is 7.76. The molecule has 0 aromatic carbocycles. The van der Waals surface area contributed by atoms with Crippen LogP contribution in [0.25, 0.3) is 0 Å². The fourth-order valence-electron chi connectivity index (χ4n) is 2.66. The summed E-state index contributed by atoms with van der Waals surface area (Å²) in [6, 6.07) is 1.59. The number of hydrogen-bond acceptors (Lipinski definition) is 4. The van der Waals surface area contributed by atoms with Crippen LogP contribution in [0.4, 0.5) is 0 Å². The van der Waals surface area contributed by atoms with E-state index in [1.165, 1.54) is 6.92 Å². The molecule has 0 bridgehead atoms. The van der Waals surface area contributed by atoms with Gasteiger partial charge < -0.3 is 15.0 Å². The average molecular weight is 307 g/mol. The maximum absolute atomic E-state index is 12.2. The number of H-pyrrole nitrogens is 1. The van der Waals surface area contributed by atoms with Gasteiger partial charge in [0.1, 0.15) is 5.69 Å². The van der Waals surface area contributed by atoms with E-state index in [4.69, 9.17) is 4.74 Å². The minimum absolute atomic E-state index is 0.0537. The molecule has 1 aromatic rings. The van der Waals surface area contributed by atoms with Gasteiger partial charge in [0.15, 0.2) is 5.78 Å². The third-order valence-corrected chi connectivity index (χ3v) is 4.50. The van der Waals surface area contributed by atoms with Crippen LogP contribution in [0.2, 0.25) is 0 Å². The fourth-order valence-corrected chi connectivity index (χ4v) is 2.66. The summed E-state index contributed by atoms with van der Waals surface area (Å²) >= 11 is 0. The molecule has 0 aliphatic carbocycles. The molecule has 0 unspecified atom stereocenters. The van der Waals surface area contributed by atoms with E-state index in [0.29, 0.717) is 17.8 Å². The summed E-state index contributed by atoms with van der Waals surface area (Å²) in [5, 5.41) is 2.98.